The number of carbonyl (C=O) groups is 1. The van der Waals surface area contributed by atoms with Gasteiger partial charge in [-0.2, -0.15) is 4.57 Å². The molecule has 10 heteroatoms. The maximum absolute atomic E-state index is 11.5. The molecule has 1 fully saturated rings. The van der Waals surface area contributed by atoms with Crippen LogP contribution < -0.4 is 4.57 Å². The molecule has 2 rings (SSSR count). The highest BCUT2D eigenvalue weighted by molar-refractivity contribution is 7.47. The second kappa shape index (κ2) is 7.79. The predicted molar refractivity (Wildman–Crippen MR) is 80.0 cm³/mol. The lowest BCUT2D eigenvalue weighted by atomic mass is 10.1. The van der Waals surface area contributed by atoms with Crippen molar-refractivity contribution in [2.45, 2.75) is 38.4 Å². The molecule has 0 aromatic carbocycles. The fraction of sp³-hybridized carbons (Fsp3) is 0.571. The van der Waals surface area contributed by atoms with Crippen LogP contribution in [0.15, 0.2) is 24.5 Å². The summed E-state index contributed by atoms with van der Waals surface area (Å²) in [5.74, 6) is -0.157. The van der Waals surface area contributed by atoms with Crippen LogP contribution in [0.25, 0.3) is 0 Å². The van der Waals surface area contributed by atoms with E-state index in [1.807, 2.05) is 0 Å². The number of phosphoric acid groups is 1. The molecule has 2 heterocycles. The van der Waals surface area contributed by atoms with Gasteiger partial charge in [-0.15, -0.1) is 0 Å². The quantitative estimate of drug-likeness (QED) is 0.350. The number of rotatable bonds is 7. The van der Waals surface area contributed by atoms with Crippen LogP contribution in [0.5, 0.6) is 0 Å². The number of aromatic nitrogens is 1. The van der Waals surface area contributed by atoms with E-state index in [1.54, 1.807) is 18.3 Å². The summed E-state index contributed by atoms with van der Waals surface area (Å²) < 4.78 is 27.8. The van der Waals surface area contributed by atoms with Crippen molar-refractivity contribution in [2.75, 3.05) is 13.2 Å². The number of Topliss-reactive ketones (excluding diaryl/α,β-unsaturated/α-hetero) is 1. The summed E-state index contributed by atoms with van der Waals surface area (Å²) in [4.78, 5) is 20.8. The van der Waals surface area contributed by atoms with Gasteiger partial charge in [-0.3, -0.25) is 13.8 Å². The summed E-state index contributed by atoms with van der Waals surface area (Å²) in [7, 11) is -4.23. The van der Waals surface area contributed by atoms with Crippen molar-refractivity contribution in [1.82, 2.24) is 0 Å². The zero-order valence-corrected chi connectivity index (χ0v) is 14.2. The Hall–Kier alpha value is -1.19. The predicted octanol–water partition coefficient (Wildman–Crippen LogP) is -0.0506. The third-order valence-corrected chi connectivity index (χ3v) is 4.61. The average molecular weight is 362 g/mol. The van der Waals surface area contributed by atoms with Crippen molar-refractivity contribution >= 4 is 13.6 Å². The zero-order chi connectivity index (χ0) is 17.9. The first-order valence-corrected chi connectivity index (χ1v) is 8.90. The number of aliphatic hydroxyl groups excluding tert-OH is 2. The van der Waals surface area contributed by atoms with E-state index in [0.717, 1.165) is 0 Å². The minimum atomic E-state index is -4.23. The van der Waals surface area contributed by atoms with E-state index in [1.165, 1.54) is 24.6 Å². The van der Waals surface area contributed by atoms with Crippen molar-refractivity contribution in [1.29, 1.82) is 0 Å². The summed E-state index contributed by atoms with van der Waals surface area (Å²) in [6.07, 6.45) is -1.55. The van der Waals surface area contributed by atoms with Gasteiger partial charge in [-0.25, -0.2) is 4.57 Å². The molecule has 1 aromatic rings. The van der Waals surface area contributed by atoms with Crippen LogP contribution in [0.1, 0.15) is 30.4 Å². The smallest absolute Gasteiger partial charge is 0.387 e. The third kappa shape index (κ3) is 4.46. The molecule has 24 heavy (non-hydrogen) atoms. The number of ether oxygens (including phenoxy) is 1. The highest BCUT2D eigenvalue weighted by Crippen LogP contribution is 2.43. The van der Waals surface area contributed by atoms with Crippen LogP contribution in [0, 0.1) is 0 Å². The van der Waals surface area contributed by atoms with Crippen molar-refractivity contribution in [3.63, 3.8) is 0 Å². The Morgan fingerprint density at radius 3 is 2.71 bits per heavy atom. The van der Waals surface area contributed by atoms with Crippen LogP contribution in [-0.4, -0.2) is 52.4 Å². The maximum Gasteiger partial charge on any atom is 0.472 e. The minimum absolute atomic E-state index is 0.0131. The Labute approximate surface area is 139 Å². The Balaban J connectivity index is 2.08. The fourth-order valence-corrected chi connectivity index (χ4v) is 3.08. The topological polar surface area (TPSA) is 126 Å². The van der Waals surface area contributed by atoms with Gasteiger partial charge in [0, 0.05) is 6.07 Å². The summed E-state index contributed by atoms with van der Waals surface area (Å²) in [5.41, 5.74) is 0.415. The van der Waals surface area contributed by atoms with Crippen LogP contribution >= 0.6 is 7.82 Å². The second-order valence-corrected chi connectivity index (χ2v) is 6.78. The van der Waals surface area contributed by atoms with E-state index in [4.69, 9.17) is 9.26 Å². The molecule has 0 aliphatic carbocycles. The molecule has 134 valence electrons. The van der Waals surface area contributed by atoms with Gasteiger partial charge < -0.3 is 19.8 Å². The normalized spacial score (nSPS) is 29.4. The molecule has 1 aromatic heterocycles. The molecule has 5 atom stereocenters. The minimum Gasteiger partial charge on any atom is -0.387 e. The van der Waals surface area contributed by atoms with E-state index in [-0.39, 0.29) is 12.4 Å². The molecule has 0 saturated carbocycles. The molecule has 1 aliphatic rings. The largest absolute Gasteiger partial charge is 0.472 e. The van der Waals surface area contributed by atoms with Crippen LogP contribution in [0.2, 0.25) is 0 Å². The number of aliphatic hydroxyl groups is 2. The fourth-order valence-electron chi connectivity index (χ4n) is 2.34. The first kappa shape index (κ1) is 19.1. The monoisotopic (exact) mass is 362 g/mol. The van der Waals surface area contributed by atoms with Crippen LogP contribution in [0.3, 0.4) is 0 Å². The summed E-state index contributed by atoms with van der Waals surface area (Å²) in [6, 6.07) is 3.22. The number of hydrogen-bond donors (Lipinski definition) is 3. The SMILES string of the molecule is CCOP(=O)(O)OC[C@H]1OC([n+]2cccc(C(C)=O)c2)[C@H](O)[C@@H]1O. The van der Waals surface area contributed by atoms with Gasteiger partial charge in [0.2, 0.25) is 0 Å². The van der Waals surface area contributed by atoms with E-state index in [2.05, 4.69) is 4.52 Å². The first-order chi connectivity index (χ1) is 11.2. The molecule has 2 unspecified atom stereocenters. The molecule has 0 radical (unpaired) electrons. The van der Waals surface area contributed by atoms with Gasteiger partial charge in [-0.05, 0) is 19.9 Å². The average Bonchev–Trinajstić information content (AvgIpc) is 2.81. The van der Waals surface area contributed by atoms with E-state index in [0.29, 0.717) is 5.56 Å². The number of phosphoric ester groups is 1. The van der Waals surface area contributed by atoms with Crippen molar-refractivity contribution in [3.8, 4) is 0 Å². The van der Waals surface area contributed by atoms with Crippen molar-refractivity contribution in [3.05, 3.63) is 30.1 Å². The summed E-state index contributed by atoms with van der Waals surface area (Å²) >= 11 is 0. The standard InChI is InChI=1S/C14H20NO8P/c1-3-21-24(19,20)22-8-11-12(17)13(18)14(23-11)15-6-4-5-10(7-15)9(2)16/h4-7,11-14,17-18H,3,8H2,1-2H3/p+1/t11-,12-,13-,14?/m1/s1. The molecule has 1 saturated heterocycles. The van der Waals surface area contributed by atoms with Gasteiger partial charge in [0.1, 0.15) is 12.2 Å². The van der Waals surface area contributed by atoms with Crippen molar-refractivity contribution in [2.24, 2.45) is 0 Å². The zero-order valence-electron chi connectivity index (χ0n) is 13.3. The molecule has 3 N–H and O–H groups in total. The lowest BCUT2D eigenvalue weighted by molar-refractivity contribution is -0.765. The summed E-state index contributed by atoms with van der Waals surface area (Å²) in [5, 5.41) is 20.2. The van der Waals surface area contributed by atoms with Crippen LogP contribution in [0.4, 0.5) is 0 Å². The van der Waals surface area contributed by atoms with Gasteiger partial charge >= 0.3 is 7.82 Å². The lowest BCUT2D eigenvalue weighted by Crippen LogP contribution is -2.46. The molecule has 1 aliphatic heterocycles. The van der Waals surface area contributed by atoms with Gasteiger partial charge in [0.05, 0.1) is 18.8 Å². The van der Waals surface area contributed by atoms with Crippen LogP contribution in [-0.2, 0) is 18.3 Å². The number of ketones is 1. The lowest BCUT2D eigenvalue weighted by Gasteiger charge is -2.16. The van der Waals surface area contributed by atoms with Gasteiger partial charge in [0.15, 0.2) is 24.3 Å². The highest BCUT2D eigenvalue weighted by atomic mass is 31.2. The first-order valence-electron chi connectivity index (χ1n) is 7.40. The Morgan fingerprint density at radius 1 is 1.38 bits per heavy atom. The van der Waals surface area contributed by atoms with E-state index >= 15 is 0 Å². The Bertz CT molecular complexity index is 639. The maximum atomic E-state index is 11.5. The number of pyridine rings is 1. The highest BCUT2D eigenvalue weighted by Gasteiger charge is 2.49. The summed E-state index contributed by atoms with van der Waals surface area (Å²) in [6.45, 7) is 2.49. The molecule has 0 spiro atoms. The second-order valence-electron chi connectivity index (χ2n) is 5.32. The number of hydrogen-bond acceptors (Lipinski definition) is 7. The van der Waals surface area contributed by atoms with Gasteiger partial charge in [-0.1, -0.05) is 0 Å². The number of carbonyl (C=O) groups excluding carboxylic acids is 1. The molecular formula is C14H21NO8P+. The van der Waals surface area contributed by atoms with E-state index in [9.17, 15) is 24.5 Å². The third-order valence-electron chi connectivity index (χ3n) is 3.55. The molecule has 9 nitrogen and oxygen atoms in total. The molecule has 0 bridgehead atoms. The Kier molecular flexibility index (Phi) is 6.22. The number of nitrogens with zero attached hydrogens (tertiary/aromatic N) is 1. The molecular weight excluding hydrogens is 341 g/mol. The molecule has 0 amide bonds. The van der Waals surface area contributed by atoms with Gasteiger partial charge in [0.25, 0.3) is 6.23 Å². The van der Waals surface area contributed by atoms with E-state index < -0.39 is 39.0 Å². The Morgan fingerprint density at radius 2 is 2.08 bits per heavy atom. The van der Waals surface area contributed by atoms with Crippen molar-refractivity contribution < 1.29 is 42.8 Å².